The van der Waals surface area contributed by atoms with Gasteiger partial charge in [-0.3, -0.25) is 9.78 Å². The number of nitrogens with one attached hydrogen (secondary N) is 1. The van der Waals surface area contributed by atoms with Crippen molar-refractivity contribution in [3.8, 4) is 0 Å². The van der Waals surface area contributed by atoms with Crippen LogP contribution >= 0.6 is 0 Å². The summed E-state index contributed by atoms with van der Waals surface area (Å²) in [6.07, 6.45) is -2.76. The van der Waals surface area contributed by atoms with E-state index in [-0.39, 0.29) is 12.0 Å². The van der Waals surface area contributed by atoms with Crippen LogP contribution in [0.1, 0.15) is 23.6 Å². The number of aromatic nitrogens is 1. The molecule has 0 saturated carbocycles. The molecule has 1 aromatic carbocycles. The zero-order valence-corrected chi connectivity index (χ0v) is 12.0. The fourth-order valence-electron chi connectivity index (χ4n) is 2.11. The quantitative estimate of drug-likeness (QED) is 0.854. The second-order valence-electron chi connectivity index (χ2n) is 5.03. The van der Waals surface area contributed by atoms with Crippen molar-refractivity contribution in [2.24, 2.45) is 0 Å². The van der Waals surface area contributed by atoms with Gasteiger partial charge in [-0.2, -0.15) is 13.2 Å². The largest absolute Gasteiger partial charge is 0.391 e. The first kappa shape index (κ1) is 16.9. The third kappa shape index (κ3) is 5.69. The van der Waals surface area contributed by atoms with Gasteiger partial charge in [-0.05, 0) is 29.3 Å². The topological polar surface area (TPSA) is 42.0 Å². The molecule has 1 N–H and O–H groups in total. The molecular formula is C16H14F4N2O. The van der Waals surface area contributed by atoms with Crippen molar-refractivity contribution >= 4 is 5.91 Å². The molecule has 0 aliphatic carbocycles. The highest BCUT2D eigenvalue weighted by Gasteiger charge is 2.33. The molecule has 1 heterocycles. The summed E-state index contributed by atoms with van der Waals surface area (Å²) in [6.45, 7) is 0. The van der Waals surface area contributed by atoms with Crippen molar-refractivity contribution in [2.75, 3.05) is 0 Å². The van der Waals surface area contributed by atoms with Crippen LogP contribution in [0.5, 0.6) is 0 Å². The molecular weight excluding hydrogens is 312 g/mol. The minimum Gasteiger partial charge on any atom is -0.349 e. The Hall–Kier alpha value is -2.44. The van der Waals surface area contributed by atoms with E-state index in [1.54, 1.807) is 12.1 Å². The Morgan fingerprint density at radius 3 is 2.43 bits per heavy atom. The van der Waals surface area contributed by atoms with Gasteiger partial charge in [0.25, 0.3) is 0 Å². The summed E-state index contributed by atoms with van der Waals surface area (Å²) >= 11 is 0. The van der Waals surface area contributed by atoms with Crippen LogP contribution in [0.15, 0.2) is 48.8 Å². The first-order valence-corrected chi connectivity index (χ1v) is 6.84. The maximum absolute atomic E-state index is 12.9. The maximum atomic E-state index is 12.9. The van der Waals surface area contributed by atoms with Gasteiger partial charge in [0.1, 0.15) is 5.82 Å². The Kier molecular flexibility index (Phi) is 5.31. The van der Waals surface area contributed by atoms with Gasteiger partial charge >= 0.3 is 6.18 Å². The summed E-state index contributed by atoms with van der Waals surface area (Å²) in [4.78, 5) is 15.8. The fourth-order valence-corrected chi connectivity index (χ4v) is 2.11. The summed E-state index contributed by atoms with van der Waals surface area (Å²) in [5.41, 5.74) is 0.790. The number of carbonyl (C=O) groups is 1. The van der Waals surface area contributed by atoms with Crippen LogP contribution in [0.4, 0.5) is 17.6 Å². The number of halogens is 4. The molecule has 1 atom stereocenters. The number of hydrogen-bond acceptors (Lipinski definition) is 2. The van der Waals surface area contributed by atoms with Crippen LogP contribution in [0.25, 0.3) is 0 Å². The number of nitrogens with zero attached hydrogens (tertiary/aromatic N) is 1. The number of pyridine rings is 1. The van der Waals surface area contributed by atoms with Crippen molar-refractivity contribution in [1.82, 2.24) is 10.3 Å². The third-order valence-electron chi connectivity index (χ3n) is 3.13. The predicted molar refractivity (Wildman–Crippen MR) is 75.9 cm³/mol. The molecule has 0 aliphatic rings. The normalized spacial score (nSPS) is 12.7. The lowest BCUT2D eigenvalue weighted by Crippen LogP contribution is -2.33. The Morgan fingerprint density at radius 1 is 1.17 bits per heavy atom. The van der Waals surface area contributed by atoms with Crippen molar-refractivity contribution in [3.63, 3.8) is 0 Å². The third-order valence-corrected chi connectivity index (χ3v) is 3.13. The maximum Gasteiger partial charge on any atom is 0.391 e. The van der Waals surface area contributed by atoms with Crippen LogP contribution in [0, 0.1) is 5.82 Å². The van der Waals surface area contributed by atoms with E-state index in [0.717, 1.165) is 12.1 Å². The fraction of sp³-hybridized carbons (Fsp3) is 0.250. The molecule has 0 fully saturated rings. The zero-order chi connectivity index (χ0) is 16.9. The van der Waals surface area contributed by atoms with Gasteiger partial charge in [0.15, 0.2) is 0 Å². The number of rotatable bonds is 5. The molecule has 122 valence electrons. The minimum atomic E-state index is -4.46. The summed E-state index contributed by atoms with van der Waals surface area (Å²) in [7, 11) is 0. The smallest absolute Gasteiger partial charge is 0.349 e. The first-order chi connectivity index (χ1) is 10.8. The standard InChI is InChI=1S/C16H14F4N2O/c17-13-5-3-12(4-6-13)14(9-16(18,19)20)22-15(23)8-11-2-1-7-21-10-11/h1-7,10,14H,8-9H2,(H,22,23)/t14-/m0/s1. The summed E-state index contributed by atoms with van der Waals surface area (Å²) in [5.74, 6) is -1.11. The van der Waals surface area contributed by atoms with Crippen LogP contribution < -0.4 is 5.32 Å². The van der Waals surface area contributed by atoms with Crippen molar-refractivity contribution in [3.05, 3.63) is 65.7 Å². The van der Waals surface area contributed by atoms with Crippen LogP contribution in [0.3, 0.4) is 0 Å². The first-order valence-electron chi connectivity index (χ1n) is 6.84. The van der Waals surface area contributed by atoms with Gasteiger partial charge in [0, 0.05) is 12.4 Å². The molecule has 0 radical (unpaired) electrons. The van der Waals surface area contributed by atoms with E-state index in [1.807, 2.05) is 0 Å². The summed E-state index contributed by atoms with van der Waals surface area (Å²) in [5, 5.41) is 2.35. The highest BCUT2D eigenvalue weighted by Crippen LogP contribution is 2.29. The Bertz CT molecular complexity index is 641. The molecule has 1 aromatic heterocycles. The number of alkyl halides is 3. The number of hydrogen-bond donors (Lipinski definition) is 1. The van der Waals surface area contributed by atoms with E-state index in [1.165, 1.54) is 24.5 Å². The Morgan fingerprint density at radius 2 is 1.87 bits per heavy atom. The second-order valence-corrected chi connectivity index (χ2v) is 5.03. The Labute approximate surface area is 130 Å². The van der Waals surface area contributed by atoms with Crippen molar-refractivity contribution in [1.29, 1.82) is 0 Å². The molecule has 1 amide bonds. The predicted octanol–water partition coefficient (Wildman–Crippen LogP) is 3.57. The van der Waals surface area contributed by atoms with Gasteiger partial charge in [-0.1, -0.05) is 18.2 Å². The average molecular weight is 326 g/mol. The SMILES string of the molecule is O=C(Cc1cccnc1)N[C@@H](CC(F)(F)F)c1ccc(F)cc1. The van der Waals surface area contributed by atoms with Crippen LogP contribution in [-0.2, 0) is 11.2 Å². The lowest BCUT2D eigenvalue weighted by atomic mass is 10.0. The molecule has 2 rings (SSSR count). The molecule has 23 heavy (non-hydrogen) atoms. The van der Waals surface area contributed by atoms with Gasteiger partial charge in [-0.25, -0.2) is 4.39 Å². The molecule has 0 aliphatic heterocycles. The van der Waals surface area contributed by atoms with Crippen LogP contribution in [0.2, 0.25) is 0 Å². The summed E-state index contributed by atoms with van der Waals surface area (Å²) < 4.78 is 51.1. The van der Waals surface area contributed by atoms with Gasteiger partial charge in [0.2, 0.25) is 5.91 Å². The van der Waals surface area contributed by atoms with Crippen LogP contribution in [-0.4, -0.2) is 17.1 Å². The van der Waals surface area contributed by atoms with Gasteiger partial charge in [-0.15, -0.1) is 0 Å². The Balaban J connectivity index is 2.10. The molecule has 0 unspecified atom stereocenters. The van der Waals surface area contributed by atoms with E-state index in [0.29, 0.717) is 5.56 Å². The highest BCUT2D eigenvalue weighted by atomic mass is 19.4. The molecule has 2 aromatic rings. The number of carbonyl (C=O) groups excluding carboxylic acids is 1. The van der Waals surface area contributed by atoms with Gasteiger partial charge < -0.3 is 5.32 Å². The summed E-state index contributed by atoms with van der Waals surface area (Å²) in [6, 6.07) is 6.61. The lowest BCUT2D eigenvalue weighted by Gasteiger charge is -2.21. The van der Waals surface area contributed by atoms with E-state index >= 15 is 0 Å². The lowest BCUT2D eigenvalue weighted by molar-refractivity contribution is -0.142. The van der Waals surface area contributed by atoms with E-state index in [4.69, 9.17) is 0 Å². The molecule has 0 bridgehead atoms. The number of amides is 1. The molecule has 3 nitrogen and oxygen atoms in total. The molecule has 0 spiro atoms. The number of benzene rings is 1. The average Bonchev–Trinajstić information content (AvgIpc) is 2.47. The van der Waals surface area contributed by atoms with Crippen molar-refractivity contribution < 1.29 is 22.4 Å². The monoisotopic (exact) mass is 326 g/mol. The van der Waals surface area contributed by atoms with Gasteiger partial charge in [0.05, 0.1) is 18.9 Å². The zero-order valence-electron chi connectivity index (χ0n) is 12.0. The molecule has 0 saturated heterocycles. The second kappa shape index (κ2) is 7.21. The van der Waals surface area contributed by atoms with E-state index in [9.17, 15) is 22.4 Å². The van der Waals surface area contributed by atoms with Crippen molar-refractivity contribution in [2.45, 2.75) is 25.1 Å². The van der Waals surface area contributed by atoms with E-state index < -0.39 is 30.4 Å². The minimum absolute atomic E-state index is 0.0800. The highest BCUT2D eigenvalue weighted by molar-refractivity contribution is 5.78. The van der Waals surface area contributed by atoms with E-state index in [2.05, 4.69) is 10.3 Å². The molecule has 7 heteroatoms.